The maximum Gasteiger partial charge on any atom is 0.239 e. The van der Waals surface area contributed by atoms with Gasteiger partial charge in [-0.3, -0.25) is 4.79 Å². The number of hydrogen-bond donors (Lipinski definition) is 1. The van der Waals surface area contributed by atoms with Crippen molar-refractivity contribution in [2.75, 3.05) is 26.8 Å². The van der Waals surface area contributed by atoms with Crippen LogP contribution >= 0.6 is 0 Å². The van der Waals surface area contributed by atoms with Gasteiger partial charge in [0.1, 0.15) is 0 Å². The average Bonchev–Trinajstić information content (AvgIpc) is 3.07. The molecule has 0 aromatic carbocycles. The second-order valence-corrected chi connectivity index (χ2v) is 4.67. The predicted octanol–water partition coefficient (Wildman–Crippen LogP) is 0.999. The van der Waals surface area contributed by atoms with Crippen LogP contribution in [-0.2, 0) is 9.53 Å². The van der Waals surface area contributed by atoms with E-state index in [4.69, 9.17) is 10.5 Å². The van der Waals surface area contributed by atoms with Crippen molar-refractivity contribution in [3.8, 4) is 0 Å². The molecule has 0 unspecified atom stereocenters. The van der Waals surface area contributed by atoms with Gasteiger partial charge in [0.25, 0.3) is 0 Å². The van der Waals surface area contributed by atoms with Gasteiger partial charge in [0.2, 0.25) is 5.91 Å². The van der Waals surface area contributed by atoms with E-state index in [-0.39, 0.29) is 11.9 Å². The molecule has 4 nitrogen and oxygen atoms in total. The molecule has 16 heavy (non-hydrogen) atoms. The Morgan fingerprint density at radius 2 is 2.25 bits per heavy atom. The van der Waals surface area contributed by atoms with Crippen LogP contribution in [0.1, 0.15) is 32.6 Å². The van der Waals surface area contributed by atoms with Crippen LogP contribution in [0.5, 0.6) is 0 Å². The minimum atomic E-state index is -0.349. The summed E-state index contributed by atoms with van der Waals surface area (Å²) in [5.74, 6) is 0.806. The lowest BCUT2D eigenvalue weighted by atomic mass is 10.1. The van der Waals surface area contributed by atoms with Crippen LogP contribution in [0.4, 0.5) is 0 Å². The van der Waals surface area contributed by atoms with Gasteiger partial charge < -0.3 is 15.4 Å². The lowest BCUT2D eigenvalue weighted by Gasteiger charge is -2.20. The molecule has 0 aromatic rings. The molecule has 94 valence electrons. The first-order valence-corrected chi connectivity index (χ1v) is 6.23. The molecule has 0 aliphatic heterocycles. The van der Waals surface area contributed by atoms with Gasteiger partial charge in [-0.2, -0.15) is 0 Å². The highest BCUT2D eigenvalue weighted by Crippen LogP contribution is 2.28. The van der Waals surface area contributed by atoms with Crippen LogP contribution in [0.2, 0.25) is 0 Å². The van der Waals surface area contributed by atoms with Gasteiger partial charge in [0.05, 0.1) is 12.6 Å². The monoisotopic (exact) mass is 228 g/mol. The highest BCUT2D eigenvalue weighted by Gasteiger charge is 2.21. The fraction of sp³-hybridized carbons (Fsp3) is 0.917. The summed E-state index contributed by atoms with van der Waals surface area (Å²) >= 11 is 0. The van der Waals surface area contributed by atoms with Gasteiger partial charge in [0, 0.05) is 20.2 Å². The molecule has 0 radical (unpaired) electrons. The summed E-state index contributed by atoms with van der Waals surface area (Å²) in [6.07, 6.45) is 4.30. The van der Waals surface area contributed by atoms with Crippen LogP contribution in [0, 0.1) is 5.92 Å². The number of carbonyl (C=O) groups is 1. The Bertz CT molecular complexity index is 217. The fourth-order valence-electron chi connectivity index (χ4n) is 1.56. The van der Waals surface area contributed by atoms with Crippen molar-refractivity contribution in [1.82, 2.24) is 4.90 Å². The molecule has 1 amide bonds. The summed E-state index contributed by atoms with van der Waals surface area (Å²) in [5, 5.41) is 0. The molecule has 0 spiro atoms. The molecule has 1 rings (SSSR count). The van der Waals surface area contributed by atoms with Crippen molar-refractivity contribution in [1.29, 1.82) is 0 Å². The van der Waals surface area contributed by atoms with E-state index in [9.17, 15) is 4.79 Å². The van der Waals surface area contributed by atoms with Crippen molar-refractivity contribution >= 4 is 5.91 Å². The third kappa shape index (κ3) is 4.94. The van der Waals surface area contributed by atoms with Crippen molar-refractivity contribution in [3.05, 3.63) is 0 Å². The fourth-order valence-corrected chi connectivity index (χ4v) is 1.56. The molecule has 4 heteroatoms. The largest absolute Gasteiger partial charge is 0.379 e. The first-order chi connectivity index (χ1) is 7.65. The third-order valence-corrected chi connectivity index (χ3v) is 2.91. The maximum absolute atomic E-state index is 11.7. The van der Waals surface area contributed by atoms with Crippen LogP contribution in [0.15, 0.2) is 0 Å². The number of nitrogens with zero attached hydrogens (tertiary/aromatic N) is 1. The average molecular weight is 228 g/mol. The van der Waals surface area contributed by atoms with Gasteiger partial charge in [-0.05, 0) is 25.2 Å². The normalized spacial score (nSPS) is 17.2. The number of amides is 1. The molecule has 1 saturated carbocycles. The van der Waals surface area contributed by atoms with E-state index in [0.717, 1.165) is 25.4 Å². The number of carbonyl (C=O) groups excluding carboxylic acids is 1. The van der Waals surface area contributed by atoms with Crippen LogP contribution < -0.4 is 5.73 Å². The van der Waals surface area contributed by atoms with E-state index in [1.807, 2.05) is 6.92 Å². The van der Waals surface area contributed by atoms with Crippen molar-refractivity contribution in [2.24, 2.45) is 11.7 Å². The Kier molecular flexibility index (Phi) is 5.77. The summed E-state index contributed by atoms with van der Waals surface area (Å²) in [6.45, 7) is 4.15. The topological polar surface area (TPSA) is 55.6 Å². The Hall–Kier alpha value is -0.610. The lowest BCUT2D eigenvalue weighted by molar-refractivity contribution is -0.132. The molecular weight excluding hydrogens is 204 g/mol. The van der Waals surface area contributed by atoms with E-state index in [1.54, 1.807) is 11.9 Å². The molecule has 1 atom stereocenters. The van der Waals surface area contributed by atoms with E-state index in [1.165, 1.54) is 12.8 Å². The molecule has 0 bridgehead atoms. The SMILES string of the molecule is CCC[C@@H](N)C(=O)N(C)CCOCC1CC1. The summed E-state index contributed by atoms with van der Waals surface area (Å²) in [6, 6.07) is -0.349. The van der Waals surface area contributed by atoms with Crippen LogP contribution in [0.3, 0.4) is 0 Å². The number of likely N-dealkylation sites (N-methyl/N-ethyl adjacent to an activating group) is 1. The number of nitrogens with two attached hydrogens (primary N) is 1. The first-order valence-electron chi connectivity index (χ1n) is 6.23. The van der Waals surface area contributed by atoms with Gasteiger partial charge in [-0.1, -0.05) is 13.3 Å². The van der Waals surface area contributed by atoms with Crippen molar-refractivity contribution < 1.29 is 9.53 Å². The summed E-state index contributed by atoms with van der Waals surface area (Å²) in [7, 11) is 1.79. The zero-order valence-electron chi connectivity index (χ0n) is 10.4. The van der Waals surface area contributed by atoms with Crippen LogP contribution in [-0.4, -0.2) is 43.7 Å². The third-order valence-electron chi connectivity index (χ3n) is 2.91. The van der Waals surface area contributed by atoms with Crippen molar-refractivity contribution in [3.63, 3.8) is 0 Å². The van der Waals surface area contributed by atoms with Gasteiger partial charge in [-0.15, -0.1) is 0 Å². The summed E-state index contributed by atoms with van der Waals surface area (Å²) < 4.78 is 5.48. The highest BCUT2D eigenvalue weighted by molar-refractivity contribution is 5.81. The van der Waals surface area contributed by atoms with Gasteiger partial charge in [0.15, 0.2) is 0 Å². The minimum Gasteiger partial charge on any atom is -0.379 e. The Morgan fingerprint density at radius 1 is 1.56 bits per heavy atom. The number of ether oxygens (including phenoxy) is 1. The van der Waals surface area contributed by atoms with Crippen molar-refractivity contribution in [2.45, 2.75) is 38.6 Å². The first kappa shape index (κ1) is 13.5. The maximum atomic E-state index is 11.7. The lowest BCUT2D eigenvalue weighted by Crippen LogP contribution is -2.42. The molecule has 0 saturated heterocycles. The quantitative estimate of drug-likeness (QED) is 0.631. The van der Waals surface area contributed by atoms with Crippen LogP contribution in [0.25, 0.3) is 0 Å². The Morgan fingerprint density at radius 3 is 2.81 bits per heavy atom. The number of hydrogen-bond acceptors (Lipinski definition) is 3. The standard InChI is InChI=1S/C12H24N2O2/c1-3-4-11(13)12(15)14(2)7-8-16-9-10-5-6-10/h10-11H,3-9,13H2,1-2H3/t11-/m1/s1. The van der Waals surface area contributed by atoms with E-state index in [2.05, 4.69) is 0 Å². The number of rotatable bonds is 8. The predicted molar refractivity (Wildman–Crippen MR) is 64.1 cm³/mol. The minimum absolute atomic E-state index is 0.0249. The molecule has 1 fully saturated rings. The molecule has 2 N–H and O–H groups in total. The van der Waals surface area contributed by atoms with Gasteiger partial charge in [-0.25, -0.2) is 0 Å². The zero-order chi connectivity index (χ0) is 12.0. The molecule has 0 heterocycles. The zero-order valence-corrected chi connectivity index (χ0v) is 10.4. The van der Waals surface area contributed by atoms with E-state index >= 15 is 0 Å². The Labute approximate surface area is 98.1 Å². The molecular formula is C12H24N2O2. The molecule has 1 aliphatic rings. The van der Waals surface area contributed by atoms with Gasteiger partial charge >= 0.3 is 0 Å². The smallest absolute Gasteiger partial charge is 0.239 e. The second-order valence-electron chi connectivity index (χ2n) is 4.67. The second kappa shape index (κ2) is 6.86. The van der Waals surface area contributed by atoms with E-state index < -0.39 is 0 Å². The molecule has 1 aliphatic carbocycles. The summed E-state index contributed by atoms with van der Waals surface area (Å²) in [5.41, 5.74) is 5.76. The van der Waals surface area contributed by atoms with E-state index in [0.29, 0.717) is 13.2 Å². The highest BCUT2D eigenvalue weighted by atomic mass is 16.5. The summed E-state index contributed by atoms with van der Waals surface area (Å²) in [4.78, 5) is 13.4. The molecule has 0 aromatic heterocycles. The Balaban J connectivity index is 2.06.